The van der Waals surface area contributed by atoms with Crippen LogP contribution in [0.4, 0.5) is 11.5 Å². The molecule has 0 spiro atoms. The first-order chi connectivity index (χ1) is 15.0. The van der Waals surface area contributed by atoms with Crippen molar-refractivity contribution in [3.05, 3.63) is 72.1 Å². The lowest BCUT2D eigenvalue weighted by molar-refractivity contribution is -0.0295. The summed E-state index contributed by atoms with van der Waals surface area (Å²) in [5, 5.41) is 25.5. The minimum Gasteiger partial charge on any atom is -0.388 e. The van der Waals surface area contributed by atoms with Crippen molar-refractivity contribution in [1.82, 2.24) is 14.5 Å². The van der Waals surface area contributed by atoms with E-state index in [0.29, 0.717) is 16.5 Å². The van der Waals surface area contributed by atoms with Gasteiger partial charge in [-0.2, -0.15) is 0 Å². The second-order valence-electron chi connectivity index (χ2n) is 7.59. The first-order valence-corrected chi connectivity index (χ1v) is 10.4. The third-order valence-corrected chi connectivity index (χ3v) is 5.77. The molecule has 2 aromatic carbocycles. The molecule has 1 fully saturated rings. The van der Waals surface area contributed by atoms with Crippen LogP contribution in [0.15, 0.2) is 67.1 Å². The molecule has 4 aromatic rings. The minimum atomic E-state index is -1.08. The van der Waals surface area contributed by atoms with Crippen molar-refractivity contribution >= 4 is 34.1 Å². The van der Waals surface area contributed by atoms with Gasteiger partial charge in [-0.3, -0.25) is 0 Å². The van der Waals surface area contributed by atoms with Crippen LogP contribution in [0.5, 0.6) is 0 Å². The van der Waals surface area contributed by atoms with E-state index >= 15 is 0 Å². The Hall–Kier alpha value is -2.97. The topological polar surface area (TPSA) is 92.4 Å². The molecule has 1 aliphatic rings. The molecule has 31 heavy (non-hydrogen) atoms. The van der Waals surface area contributed by atoms with Gasteiger partial charge in [0.15, 0.2) is 6.23 Å². The molecule has 2 aromatic heterocycles. The van der Waals surface area contributed by atoms with E-state index < -0.39 is 24.5 Å². The Balaban J connectivity index is 1.70. The van der Waals surface area contributed by atoms with Crippen molar-refractivity contribution in [3.8, 4) is 11.1 Å². The summed E-state index contributed by atoms with van der Waals surface area (Å²) in [6.07, 6.45) is 0.0301. The van der Waals surface area contributed by atoms with E-state index in [1.807, 2.05) is 54.7 Å². The van der Waals surface area contributed by atoms with Gasteiger partial charge in [-0.15, -0.1) is 0 Å². The van der Waals surface area contributed by atoms with Gasteiger partial charge in [0.05, 0.1) is 11.5 Å². The smallest absolute Gasteiger partial charge is 0.164 e. The molecule has 7 nitrogen and oxygen atoms in total. The van der Waals surface area contributed by atoms with Crippen molar-refractivity contribution in [2.24, 2.45) is 0 Å². The quantitative estimate of drug-likeness (QED) is 0.445. The summed E-state index contributed by atoms with van der Waals surface area (Å²) in [6, 6.07) is 17.2. The molecule has 0 aliphatic carbocycles. The van der Waals surface area contributed by atoms with Crippen LogP contribution in [-0.4, -0.2) is 43.1 Å². The van der Waals surface area contributed by atoms with Crippen LogP contribution in [0, 0.1) is 0 Å². The fourth-order valence-electron chi connectivity index (χ4n) is 3.97. The van der Waals surface area contributed by atoms with E-state index in [9.17, 15) is 10.2 Å². The molecule has 0 unspecified atom stereocenters. The molecule has 0 radical (unpaired) electrons. The zero-order valence-corrected chi connectivity index (χ0v) is 17.4. The Morgan fingerprint density at radius 3 is 2.55 bits per heavy atom. The van der Waals surface area contributed by atoms with Crippen molar-refractivity contribution in [3.63, 3.8) is 0 Å². The second kappa shape index (κ2) is 7.94. The molecule has 0 saturated carbocycles. The maximum atomic E-state index is 10.6. The van der Waals surface area contributed by atoms with Crippen LogP contribution < -0.4 is 5.32 Å². The van der Waals surface area contributed by atoms with Gasteiger partial charge in [-0.05, 0) is 30.7 Å². The predicted octanol–water partition coefficient (Wildman–Crippen LogP) is 4.13. The summed E-state index contributed by atoms with van der Waals surface area (Å²) in [5.74, 6) is 0.603. The summed E-state index contributed by atoms with van der Waals surface area (Å²) >= 11 is 6.15. The van der Waals surface area contributed by atoms with E-state index in [2.05, 4.69) is 15.3 Å². The number of halogens is 1. The molecule has 0 bridgehead atoms. The van der Waals surface area contributed by atoms with Crippen molar-refractivity contribution in [2.45, 2.75) is 31.5 Å². The zero-order valence-electron chi connectivity index (χ0n) is 16.7. The fourth-order valence-corrected chi connectivity index (χ4v) is 4.16. The molecule has 5 rings (SSSR count). The summed E-state index contributed by atoms with van der Waals surface area (Å²) in [4.78, 5) is 8.96. The lowest BCUT2D eigenvalue weighted by Crippen LogP contribution is -2.30. The van der Waals surface area contributed by atoms with Crippen LogP contribution in [0.1, 0.15) is 13.2 Å². The van der Waals surface area contributed by atoms with Gasteiger partial charge < -0.3 is 24.8 Å². The van der Waals surface area contributed by atoms with Gasteiger partial charge in [0.1, 0.15) is 30.0 Å². The van der Waals surface area contributed by atoms with E-state index in [0.717, 1.165) is 22.2 Å². The van der Waals surface area contributed by atoms with Crippen LogP contribution in [-0.2, 0) is 4.74 Å². The Bertz CT molecular complexity index is 1230. The number of ether oxygens (including phenoxy) is 1. The van der Waals surface area contributed by atoms with Crippen molar-refractivity contribution in [2.75, 3.05) is 5.32 Å². The number of hydrogen-bond acceptors (Lipinski definition) is 6. The molecule has 4 atom stereocenters. The standard InChI is InChI=1S/C23H21ClN4O3/c1-13-19(29)20(30)23(31-13)28-11-17(14-6-3-2-4-7-14)18-21(25-12-26-22(18)28)27-16-9-5-8-15(24)10-16/h2-13,19-20,23,29-30H,1H3,(H,25,26,27)/t13-,19-,20-,23-/m1/s1. The first-order valence-electron chi connectivity index (χ1n) is 9.98. The Kier molecular flexibility index (Phi) is 5.11. The number of aromatic nitrogens is 3. The fraction of sp³-hybridized carbons (Fsp3) is 0.217. The number of nitrogens with one attached hydrogen (secondary N) is 1. The number of fused-ring (bicyclic) bond motifs is 1. The second-order valence-corrected chi connectivity index (χ2v) is 8.02. The third kappa shape index (κ3) is 3.55. The van der Waals surface area contributed by atoms with Crippen molar-refractivity contribution in [1.29, 1.82) is 0 Å². The number of hydrogen-bond donors (Lipinski definition) is 3. The highest BCUT2D eigenvalue weighted by molar-refractivity contribution is 6.30. The third-order valence-electron chi connectivity index (χ3n) is 5.53. The highest BCUT2D eigenvalue weighted by Gasteiger charge is 2.42. The molecule has 8 heteroatoms. The van der Waals surface area contributed by atoms with E-state index in [4.69, 9.17) is 16.3 Å². The van der Waals surface area contributed by atoms with E-state index in [1.165, 1.54) is 6.33 Å². The monoisotopic (exact) mass is 436 g/mol. The maximum absolute atomic E-state index is 10.6. The molecule has 158 valence electrons. The molecule has 1 saturated heterocycles. The lowest BCUT2D eigenvalue weighted by Gasteiger charge is -2.17. The largest absolute Gasteiger partial charge is 0.388 e. The van der Waals surface area contributed by atoms with Gasteiger partial charge in [0.2, 0.25) is 0 Å². The number of nitrogens with zero attached hydrogens (tertiary/aromatic N) is 3. The first kappa shape index (κ1) is 20.0. The number of aliphatic hydroxyl groups is 2. The summed E-state index contributed by atoms with van der Waals surface area (Å²) in [5.41, 5.74) is 3.23. The van der Waals surface area contributed by atoms with Gasteiger partial charge in [0, 0.05) is 22.5 Å². The lowest BCUT2D eigenvalue weighted by atomic mass is 10.1. The van der Waals surface area contributed by atoms with Gasteiger partial charge in [-0.1, -0.05) is 48.0 Å². The van der Waals surface area contributed by atoms with Crippen LogP contribution in [0.3, 0.4) is 0 Å². The molecule has 3 N–H and O–H groups in total. The average Bonchev–Trinajstić information content (AvgIpc) is 3.28. The predicted molar refractivity (Wildman–Crippen MR) is 119 cm³/mol. The van der Waals surface area contributed by atoms with E-state index in [1.54, 1.807) is 17.6 Å². The molecule has 0 amide bonds. The normalized spacial score (nSPS) is 23.4. The number of anilines is 2. The van der Waals surface area contributed by atoms with Crippen LogP contribution in [0.25, 0.3) is 22.2 Å². The minimum absolute atomic E-state index is 0.497. The Morgan fingerprint density at radius 2 is 1.84 bits per heavy atom. The Labute approximate surface area is 183 Å². The van der Waals surface area contributed by atoms with Crippen molar-refractivity contribution < 1.29 is 14.9 Å². The number of benzene rings is 2. The molecule has 3 heterocycles. The van der Waals surface area contributed by atoms with Gasteiger partial charge >= 0.3 is 0 Å². The highest BCUT2D eigenvalue weighted by Crippen LogP contribution is 2.39. The molecule has 1 aliphatic heterocycles. The van der Waals surface area contributed by atoms with Crippen LogP contribution >= 0.6 is 11.6 Å². The summed E-state index contributed by atoms with van der Waals surface area (Å²) in [6.45, 7) is 1.73. The molecular formula is C23H21ClN4O3. The van der Waals surface area contributed by atoms with Gasteiger partial charge in [-0.25, -0.2) is 9.97 Å². The zero-order chi connectivity index (χ0) is 21.5. The highest BCUT2D eigenvalue weighted by atomic mass is 35.5. The van der Waals surface area contributed by atoms with Gasteiger partial charge in [0.25, 0.3) is 0 Å². The summed E-state index contributed by atoms with van der Waals surface area (Å²) in [7, 11) is 0. The maximum Gasteiger partial charge on any atom is 0.164 e. The number of aliphatic hydroxyl groups excluding tert-OH is 2. The number of rotatable bonds is 4. The van der Waals surface area contributed by atoms with Crippen LogP contribution in [0.2, 0.25) is 5.02 Å². The van der Waals surface area contributed by atoms with E-state index in [-0.39, 0.29) is 0 Å². The SMILES string of the molecule is C[C@H]1O[C@@H](n2cc(-c3ccccc3)c3c(Nc4cccc(Cl)c4)ncnc32)[C@H](O)[C@@H]1O. The molecular weight excluding hydrogens is 416 g/mol. The Morgan fingerprint density at radius 1 is 1.03 bits per heavy atom. The summed E-state index contributed by atoms with van der Waals surface area (Å²) < 4.78 is 7.63. The average molecular weight is 437 g/mol.